The van der Waals surface area contributed by atoms with Crippen LogP contribution in [0.25, 0.3) is 5.57 Å². The number of cyclic esters (lactones) is 1. The van der Waals surface area contributed by atoms with Crippen LogP contribution >= 0.6 is 0 Å². The summed E-state index contributed by atoms with van der Waals surface area (Å²) < 4.78 is 21.3. The summed E-state index contributed by atoms with van der Waals surface area (Å²) in [4.78, 5) is 48.5. The van der Waals surface area contributed by atoms with Gasteiger partial charge < -0.3 is 18.9 Å². The van der Waals surface area contributed by atoms with Crippen LogP contribution in [0, 0.1) is 0 Å². The number of allylic oxidation sites excluding steroid dienone is 5. The van der Waals surface area contributed by atoms with Gasteiger partial charge in [-0.25, -0.2) is 19.2 Å². The molecule has 0 aromatic heterocycles. The molecule has 42 heavy (non-hydrogen) atoms. The number of carbonyl (C=O) groups excluding carboxylic acids is 4. The van der Waals surface area contributed by atoms with Gasteiger partial charge in [0.1, 0.15) is 12.4 Å². The molecule has 0 spiro atoms. The predicted molar refractivity (Wildman–Crippen MR) is 161 cm³/mol. The second-order valence-corrected chi connectivity index (χ2v) is 9.96. The van der Waals surface area contributed by atoms with Gasteiger partial charge in [-0.3, -0.25) is 0 Å². The molecule has 0 amide bonds. The Hall–Kier alpha value is -4.72. The summed E-state index contributed by atoms with van der Waals surface area (Å²) in [6, 6.07) is 6.47. The van der Waals surface area contributed by atoms with Crippen molar-refractivity contribution in [1.29, 1.82) is 0 Å². The van der Waals surface area contributed by atoms with Gasteiger partial charge in [-0.15, -0.1) is 0 Å². The van der Waals surface area contributed by atoms with E-state index in [1.54, 1.807) is 51.1 Å². The maximum atomic E-state index is 13.2. The van der Waals surface area contributed by atoms with E-state index in [1.165, 1.54) is 0 Å². The van der Waals surface area contributed by atoms with Crippen LogP contribution in [0.1, 0.15) is 52.0 Å². The molecule has 0 aliphatic carbocycles. The molecule has 1 aromatic carbocycles. The van der Waals surface area contributed by atoms with E-state index in [4.69, 9.17) is 18.9 Å². The lowest BCUT2D eigenvalue weighted by molar-refractivity contribution is -0.139. The molecular formula is C34H38O8. The van der Waals surface area contributed by atoms with Crippen LogP contribution in [-0.2, 0) is 33.4 Å². The van der Waals surface area contributed by atoms with Crippen LogP contribution in [0.3, 0.4) is 0 Å². The Bertz CT molecular complexity index is 1350. The standard InChI is InChI=1S/C34H38O8/c1-22(2)31(35)39-16-8-10-26-18-25(7)19-30(28-12-14-29(15-13-28)42-33(37)24(5)6)34(38)41-21-27(20-26)11-9-17-40-32(36)23(3)4/h12-15,18-20H,1,3,5,7-11,16-17,21H2,2,4,6H3. The van der Waals surface area contributed by atoms with E-state index in [2.05, 4.69) is 26.3 Å². The molecule has 0 N–H and O–H groups in total. The highest BCUT2D eigenvalue weighted by atomic mass is 16.5. The summed E-state index contributed by atoms with van der Waals surface area (Å²) in [5, 5.41) is 0. The van der Waals surface area contributed by atoms with Crippen LogP contribution in [-0.4, -0.2) is 43.7 Å². The molecule has 2 rings (SSSR count). The summed E-state index contributed by atoms with van der Waals surface area (Å²) in [5.41, 5.74) is 4.02. The minimum Gasteiger partial charge on any atom is -0.462 e. The molecule has 0 fully saturated rings. The van der Waals surface area contributed by atoms with E-state index in [0.29, 0.717) is 53.7 Å². The lowest BCUT2D eigenvalue weighted by atomic mass is 9.98. The highest BCUT2D eigenvalue weighted by Crippen LogP contribution is 2.25. The zero-order valence-corrected chi connectivity index (χ0v) is 24.6. The van der Waals surface area contributed by atoms with Gasteiger partial charge in [0.15, 0.2) is 0 Å². The lowest BCUT2D eigenvalue weighted by Crippen LogP contribution is -2.12. The van der Waals surface area contributed by atoms with Gasteiger partial charge in [0, 0.05) is 16.7 Å². The molecule has 1 aliphatic heterocycles. The third-order valence-corrected chi connectivity index (χ3v) is 5.84. The second kappa shape index (κ2) is 16.5. The van der Waals surface area contributed by atoms with E-state index in [9.17, 15) is 19.2 Å². The first-order chi connectivity index (χ1) is 19.9. The van der Waals surface area contributed by atoms with Crippen molar-refractivity contribution in [2.45, 2.75) is 46.5 Å². The molecule has 0 atom stereocenters. The Kier molecular flexibility index (Phi) is 13.2. The Balaban J connectivity index is 2.28. The van der Waals surface area contributed by atoms with Crippen molar-refractivity contribution >= 4 is 29.5 Å². The van der Waals surface area contributed by atoms with Crippen molar-refractivity contribution in [3.63, 3.8) is 0 Å². The van der Waals surface area contributed by atoms with E-state index in [0.717, 1.165) is 11.1 Å². The predicted octanol–water partition coefficient (Wildman–Crippen LogP) is 6.32. The van der Waals surface area contributed by atoms with E-state index in [1.807, 2.05) is 12.2 Å². The van der Waals surface area contributed by atoms with Crippen LogP contribution in [0.4, 0.5) is 0 Å². The monoisotopic (exact) mass is 574 g/mol. The van der Waals surface area contributed by atoms with Crippen molar-refractivity contribution < 1.29 is 38.1 Å². The summed E-state index contributed by atoms with van der Waals surface area (Å²) in [6.07, 6.45) is 7.57. The molecule has 222 valence electrons. The Morgan fingerprint density at radius 3 is 1.88 bits per heavy atom. The first-order valence-corrected chi connectivity index (χ1v) is 13.5. The van der Waals surface area contributed by atoms with Crippen LogP contribution in [0.15, 0.2) is 102 Å². The van der Waals surface area contributed by atoms with Crippen molar-refractivity contribution in [3.05, 3.63) is 108 Å². The van der Waals surface area contributed by atoms with Crippen LogP contribution in [0.5, 0.6) is 5.75 Å². The molecular weight excluding hydrogens is 536 g/mol. The summed E-state index contributed by atoms with van der Waals surface area (Å²) >= 11 is 0. The van der Waals surface area contributed by atoms with Crippen LogP contribution < -0.4 is 4.74 Å². The largest absolute Gasteiger partial charge is 0.462 e. The van der Waals surface area contributed by atoms with Gasteiger partial charge in [-0.2, -0.15) is 0 Å². The van der Waals surface area contributed by atoms with Gasteiger partial charge in [0.05, 0.1) is 18.8 Å². The zero-order chi connectivity index (χ0) is 31.2. The molecule has 1 aromatic rings. The molecule has 0 bridgehead atoms. The Morgan fingerprint density at radius 1 is 0.786 bits per heavy atom. The first-order valence-electron chi connectivity index (χ1n) is 13.5. The van der Waals surface area contributed by atoms with Gasteiger partial charge in [-0.1, -0.05) is 50.6 Å². The quantitative estimate of drug-likeness (QED) is 0.0887. The van der Waals surface area contributed by atoms with E-state index >= 15 is 0 Å². The Morgan fingerprint density at radius 2 is 1.33 bits per heavy atom. The lowest BCUT2D eigenvalue weighted by Gasteiger charge is -2.15. The smallest absolute Gasteiger partial charge is 0.339 e. The topological polar surface area (TPSA) is 105 Å². The fraction of sp³-hybridized carbons (Fsp3) is 0.294. The minimum atomic E-state index is -0.550. The highest BCUT2D eigenvalue weighted by Gasteiger charge is 2.17. The normalized spacial score (nSPS) is 13.5. The third-order valence-electron chi connectivity index (χ3n) is 5.84. The zero-order valence-electron chi connectivity index (χ0n) is 24.6. The molecule has 0 saturated carbocycles. The summed E-state index contributed by atoms with van der Waals surface area (Å²) in [5.74, 6) is -1.69. The average molecular weight is 575 g/mol. The number of benzene rings is 1. The number of carbonyl (C=O) groups is 4. The van der Waals surface area contributed by atoms with E-state index < -0.39 is 23.9 Å². The van der Waals surface area contributed by atoms with Gasteiger partial charge in [0.25, 0.3) is 0 Å². The third kappa shape index (κ3) is 11.4. The molecule has 0 unspecified atom stereocenters. The number of esters is 4. The minimum absolute atomic E-state index is 0.0212. The molecule has 0 radical (unpaired) electrons. The maximum Gasteiger partial charge on any atom is 0.339 e. The van der Waals surface area contributed by atoms with Crippen molar-refractivity contribution in [2.24, 2.45) is 0 Å². The number of rotatable bonds is 13. The molecule has 8 nitrogen and oxygen atoms in total. The van der Waals surface area contributed by atoms with Gasteiger partial charge >= 0.3 is 23.9 Å². The van der Waals surface area contributed by atoms with Gasteiger partial charge in [0.2, 0.25) is 0 Å². The van der Waals surface area contributed by atoms with Crippen molar-refractivity contribution in [2.75, 3.05) is 19.8 Å². The number of ether oxygens (including phenoxy) is 4. The van der Waals surface area contributed by atoms with Crippen molar-refractivity contribution in [1.82, 2.24) is 0 Å². The Labute approximate surface area is 247 Å². The maximum absolute atomic E-state index is 13.2. The molecule has 1 heterocycles. The second-order valence-electron chi connectivity index (χ2n) is 9.96. The number of hydrogen-bond donors (Lipinski definition) is 0. The number of hydrogen-bond acceptors (Lipinski definition) is 8. The molecule has 1 aliphatic rings. The van der Waals surface area contributed by atoms with E-state index in [-0.39, 0.29) is 31.0 Å². The SMILES string of the molecule is C=C1C=C(CCCOC(=O)C(=C)C)C=C(CCCOC(=O)C(=C)C)COC(=O)C(c2ccc(OC(=O)C(=C)C)cc2)=C1. The van der Waals surface area contributed by atoms with Crippen molar-refractivity contribution in [3.8, 4) is 5.75 Å². The fourth-order valence-electron chi connectivity index (χ4n) is 3.64. The summed E-state index contributed by atoms with van der Waals surface area (Å²) in [6.45, 7) is 20.0. The highest BCUT2D eigenvalue weighted by molar-refractivity contribution is 6.17. The van der Waals surface area contributed by atoms with Crippen LogP contribution in [0.2, 0.25) is 0 Å². The summed E-state index contributed by atoms with van der Waals surface area (Å²) in [7, 11) is 0. The average Bonchev–Trinajstić information content (AvgIpc) is 2.94. The first kappa shape index (κ1) is 33.5. The fourth-order valence-corrected chi connectivity index (χ4v) is 3.64. The van der Waals surface area contributed by atoms with Gasteiger partial charge in [-0.05, 0) is 86.9 Å². The molecule has 0 saturated heterocycles. The molecule has 8 heteroatoms.